The van der Waals surface area contributed by atoms with Crippen LogP contribution in [-0.2, 0) is 0 Å². The molecule has 20 heavy (non-hydrogen) atoms. The molecule has 2 atom stereocenters. The van der Waals surface area contributed by atoms with Gasteiger partial charge in [-0.3, -0.25) is 0 Å². The zero-order valence-electron chi connectivity index (χ0n) is 11.9. The van der Waals surface area contributed by atoms with Gasteiger partial charge >= 0.3 is 5.97 Å². The third-order valence-electron chi connectivity index (χ3n) is 4.65. The second-order valence-electron chi connectivity index (χ2n) is 6.03. The standard InChI is InChI=1S/C16H22N2O2/c1-11-9-12(16(19)20)4-5-15(11)17-13-6-8-18-7-2-3-14(18)10-13/h4-5,9,13-14,17H,2-3,6-8,10H2,1H3,(H,19,20). The van der Waals surface area contributed by atoms with Crippen LogP contribution in [0.3, 0.4) is 0 Å². The second-order valence-corrected chi connectivity index (χ2v) is 6.03. The Kier molecular flexibility index (Phi) is 3.66. The Morgan fingerprint density at radius 1 is 1.35 bits per heavy atom. The zero-order chi connectivity index (χ0) is 14.1. The number of nitrogens with one attached hydrogen (secondary N) is 1. The minimum Gasteiger partial charge on any atom is -0.478 e. The van der Waals surface area contributed by atoms with Crippen LogP contribution in [0.15, 0.2) is 18.2 Å². The highest BCUT2D eigenvalue weighted by molar-refractivity contribution is 5.88. The molecule has 3 rings (SSSR count). The second kappa shape index (κ2) is 5.44. The number of nitrogens with zero attached hydrogens (tertiary/aromatic N) is 1. The van der Waals surface area contributed by atoms with E-state index in [0.717, 1.165) is 17.3 Å². The number of carbonyl (C=O) groups is 1. The minimum atomic E-state index is -0.862. The van der Waals surface area contributed by atoms with Crippen molar-refractivity contribution in [3.63, 3.8) is 0 Å². The maximum atomic E-state index is 11.0. The molecule has 0 radical (unpaired) electrons. The van der Waals surface area contributed by atoms with E-state index in [1.807, 2.05) is 13.0 Å². The number of hydrogen-bond donors (Lipinski definition) is 2. The monoisotopic (exact) mass is 274 g/mol. The van der Waals surface area contributed by atoms with Crippen LogP contribution in [0, 0.1) is 6.92 Å². The number of piperidine rings is 1. The number of rotatable bonds is 3. The summed E-state index contributed by atoms with van der Waals surface area (Å²) in [5.41, 5.74) is 2.45. The van der Waals surface area contributed by atoms with Crippen molar-refractivity contribution in [2.75, 3.05) is 18.4 Å². The molecule has 0 aromatic heterocycles. The number of carboxylic acid groups (broad SMARTS) is 1. The van der Waals surface area contributed by atoms with E-state index in [1.165, 1.54) is 38.8 Å². The molecule has 4 heteroatoms. The van der Waals surface area contributed by atoms with Crippen LogP contribution in [0.2, 0.25) is 0 Å². The zero-order valence-corrected chi connectivity index (χ0v) is 11.9. The summed E-state index contributed by atoms with van der Waals surface area (Å²) in [5, 5.41) is 12.6. The highest BCUT2D eigenvalue weighted by Crippen LogP contribution is 2.29. The Labute approximate surface area is 119 Å². The van der Waals surface area contributed by atoms with Crippen molar-refractivity contribution in [2.45, 2.75) is 44.7 Å². The molecule has 0 bridgehead atoms. The molecule has 4 nitrogen and oxygen atoms in total. The lowest BCUT2D eigenvalue weighted by atomic mass is 9.97. The van der Waals surface area contributed by atoms with Crippen molar-refractivity contribution in [1.29, 1.82) is 0 Å². The molecular formula is C16H22N2O2. The van der Waals surface area contributed by atoms with Crippen molar-refractivity contribution in [3.8, 4) is 0 Å². The fraction of sp³-hybridized carbons (Fsp3) is 0.562. The van der Waals surface area contributed by atoms with Gasteiger partial charge in [0.1, 0.15) is 0 Å². The molecule has 2 N–H and O–H groups in total. The van der Waals surface area contributed by atoms with Crippen molar-refractivity contribution in [3.05, 3.63) is 29.3 Å². The Morgan fingerprint density at radius 2 is 2.20 bits per heavy atom. The lowest BCUT2D eigenvalue weighted by Gasteiger charge is -2.35. The van der Waals surface area contributed by atoms with Crippen LogP contribution >= 0.6 is 0 Å². The van der Waals surface area contributed by atoms with E-state index in [4.69, 9.17) is 5.11 Å². The summed E-state index contributed by atoms with van der Waals surface area (Å²) < 4.78 is 0. The van der Waals surface area contributed by atoms with E-state index in [-0.39, 0.29) is 0 Å². The molecule has 2 fully saturated rings. The van der Waals surface area contributed by atoms with Gasteiger partial charge in [-0.15, -0.1) is 0 Å². The Morgan fingerprint density at radius 3 is 2.95 bits per heavy atom. The fourth-order valence-electron chi connectivity index (χ4n) is 3.53. The molecule has 2 saturated heterocycles. The van der Waals surface area contributed by atoms with Gasteiger partial charge in [-0.25, -0.2) is 4.79 Å². The van der Waals surface area contributed by atoms with Gasteiger partial charge in [0.25, 0.3) is 0 Å². The fourth-order valence-corrected chi connectivity index (χ4v) is 3.53. The summed E-state index contributed by atoms with van der Waals surface area (Å²) in [6, 6.07) is 6.60. The first kappa shape index (κ1) is 13.4. The Bertz CT molecular complexity index is 515. The lowest BCUT2D eigenvalue weighted by Crippen LogP contribution is -2.42. The van der Waals surface area contributed by atoms with Gasteiger partial charge in [0.15, 0.2) is 0 Å². The van der Waals surface area contributed by atoms with Gasteiger partial charge in [0.2, 0.25) is 0 Å². The average Bonchev–Trinajstić information content (AvgIpc) is 2.88. The molecule has 1 aromatic carbocycles. The first-order chi connectivity index (χ1) is 9.63. The van der Waals surface area contributed by atoms with Gasteiger partial charge in [0, 0.05) is 24.3 Å². The largest absolute Gasteiger partial charge is 0.478 e. The summed E-state index contributed by atoms with van der Waals surface area (Å²) in [5.74, 6) is -0.862. The first-order valence-electron chi connectivity index (χ1n) is 7.48. The summed E-state index contributed by atoms with van der Waals surface area (Å²) in [4.78, 5) is 13.6. The van der Waals surface area contributed by atoms with Gasteiger partial charge in [0.05, 0.1) is 5.56 Å². The molecule has 0 spiro atoms. The van der Waals surface area contributed by atoms with Crippen molar-refractivity contribution < 1.29 is 9.90 Å². The number of benzene rings is 1. The van der Waals surface area contributed by atoms with E-state index in [1.54, 1.807) is 12.1 Å². The minimum absolute atomic E-state index is 0.360. The summed E-state index contributed by atoms with van der Waals surface area (Å²) in [7, 11) is 0. The molecule has 2 aliphatic rings. The maximum absolute atomic E-state index is 11.0. The third-order valence-corrected chi connectivity index (χ3v) is 4.65. The predicted octanol–water partition coefficient (Wildman–Crippen LogP) is 2.73. The van der Waals surface area contributed by atoms with Gasteiger partial charge in [-0.1, -0.05) is 0 Å². The van der Waals surface area contributed by atoms with Crippen LogP contribution in [0.1, 0.15) is 41.6 Å². The number of anilines is 1. The van der Waals surface area contributed by atoms with Gasteiger partial charge in [-0.2, -0.15) is 0 Å². The molecule has 2 aliphatic heterocycles. The number of hydrogen-bond acceptors (Lipinski definition) is 3. The smallest absolute Gasteiger partial charge is 0.335 e. The quantitative estimate of drug-likeness (QED) is 0.890. The van der Waals surface area contributed by atoms with E-state index >= 15 is 0 Å². The number of aromatic carboxylic acids is 1. The molecule has 2 unspecified atom stereocenters. The highest BCUT2D eigenvalue weighted by Gasteiger charge is 2.31. The average molecular weight is 274 g/mol. The van der Waals surface area contributed by atoms with E-state index in [9.17, 15) is 4.79 Å². The number of carboxylic acids is 1. The van der Waals surface area contributed by atoms with Crippen molar-refractivity contribution in [2.24, 2.45) is 0 Å². The van der Waals surface area contributed by atoms with E-state index in [0.29, 0.717) is 11.6 Å². The Hall–Kier alpha value is -1.55. The van der Waals surface area contributed by atoms with E-state index in [2.05, 4.69) is 10.2 Å². The number of aryl methyl sites for hydroxylation is 1. The third kappa shape index (κ3) is 2.66. The molecule has 0 aliphatic carbocycles. The topological polar surface area (TPSA) is 52.6 Å². The molecule has 2 heterocycles. The normalized spacial score (nSPS) is 26.2. The van der Waals surface area contributed by atoms with Gasteiger partial charge < -0.3 is 15.3 Å². The SMILES string of the molecule is Cc1cc(C(=O)O)ccc1NC1CCN2CCCC2C1. The van der Waals surface area contributed by atoms with Crippen molar-refractivity contribution >= 4 is 11.7 Å². The first-order valence-corrected chi connectivity index (χ1v) is 7.48. The van der Waals surface area contributed by atoms with Crippen LogP contribution in [0.5, 0.6) is 0 Å². The van der Waals surface area contributed by atoms with Crippen molar-refractivity contribution in [1.82, 2.24) is 4.90 Å². The van der Waals surface area contributed by atoms with Gasteiger partial charge in [-0.05, 0) is 62.9 Å². The maximum Gasteiger partial charge on any atom is 0.335 e. The molecule has 108 valence electrons. The molecule has 1 aromatic rings. The van der Waals surface area contributed by atoms with Crippen LogP contribution in [-0.4, -0.2) is 41.1 Å². The van der Waals surface area contributed by atoms with Crippen LogP contribution < -0.4 is 5.32 Å². The summed E-state index contributed by atoms with van der Waals surface area (Å²) >= 11 is 0. The molecule has 0 amide bonds. The lowest BCUT2D eigenvalue weighted by molar-refractivity contribution is 0.0697. The Balaban J connectivity index is 1.67. The molecular weight excluding hydrogens is 252 g/mol. The summed E-state index contributed by atoms with van der Waals surface area (Å²) in [6.45, 7) is 4.43. The predicted molar refractivity (Wildman–Crippen MR) is 79.4 cm³/mol. The van der Waals surface area contributed by atoms with Crippen LogP contribution in [0.25, 0.3) is 0 Å². The summed E-state index contributed by atoms with van der Waals surface area (Å²) in [6.07, 6.45) is 5.05. The highest BCUT2D eigenvalue weighted by atomic mass is 16.4. The molecule has 0 saturated carbocycles. The van der Waals surface area contributed by atoms with E-state index < -0.39 is 5.97 Å². The number of fused-ring (bicyclic) bond motifs is 1. The van der Waals surface area contributed by atoms with Crippen LogP contribution in [0.4, 0.5) is 5.69 Å².